The van der Waals surface area contributed by atoms with Crippen molar-refractivity contribution in [2.45, 2.75) is 6.04 Å². The molecular formula is C19H18ClNO6. The van der Waals surface area contributed by atoms with E-state index in [2.05, 4.69) is 0 Å². The summed E-state index contributed by atoms with van der Waals surface area (Å²) in [6.45, 7) is 0.390. The van der Waals surface area contributed by atoms with E-state index in [1.54, 1.807) is 24.3 Å². The first-order valence-electron chi connectivity index (χ1n) is 8.14. The number of halogens is 1. The SMILES string of the molecule is COCCN1C(=O)C(=O)/C(=C(\O)c2cc(Cl)ccc2OC)C1c1ccco1. The molecular weight excluding hydrogens is 374 g/mol. The van der Waals surface area contributed by atoms with Crippen molar-refractivity contribution in [2.24, 2.45) is 0 Å². The molecule has 1 aromatic carbocycles. The number of likely N-dealkylation sites (tertiary alicyclic amines) is 1. The van der Waals surface area contributed by atoms with Crippen LogP contribution >= 0.6 is 11.6 Å². The first-order chi connectivity index (χ1) is 13.0. The normalized spacial score (nSPS) is 18.9. The van der Waals surface area contributed by atoms with Crippen molar-refractivity contribution in [1.29, 1.82) is 0 Å². The van der Waals surface area contributed by atoms with Gasteiger partial charge in [0.25, 0.3) is 11.7 Å². The maximum Gasteiger partial charge on any atom is 0.295 e. The number of Topliss-reactive ketones (excluding diaryl/α,β-unsaturated/α-hetero) is 1. The number of carbonyl (C=O) groups is 2. The molecule has 0 radical (unpaired) electrons. The van der Waals surface area contributed by atoms with E-state index in [0.717, 1.165) is 0 Å². The summed E-state index contributed by atoms with van der Waals surface area (Å²) in [5.74, 6) is -1.26. The van der Waals surface area contributed by atoms with E-state index in [9.17, 15) is 14.7 Å². The van der Waals surface area contributed by atoms with Crippen molar-refractivity contribution >= 4 is 29.1 Å². The Labute approximate surface area is 160 Å². The number of methoxy groups -OCH3 is 2. The predicted octanol–water partition coefficient (Wildman–Crippen LogP) is 3.01. The summed E-state index contributed by atoms with van der Waals surface area (Å²) in [4.78, 5) is 26.6. The van der Waals surface area contributed by atoms with Gasteiger partial charge in [-0.3, -0.25) is 9.59 Å². The lowest BCUT2D eigenvalue weighted by Crippen LogP contribution is -2.32. The fourth-order valence-electron chi connectivity index (χ4n) is 3.05. The number of aliphatic hydroxyl groups excluding tert-OH is 1. The fraction of sp³-hybridized carbons (Fsp3) is 0.263. The monoisotopic (exact) mass is 391 g/mol. The minimum absolute atomic E-state index is 0.0911. The van der Waals surface area contributed by atoms with Crippen LogP contribution in [-0.4, -0.2) is 49.1 Å². The molecule has 1 unspecified atom stereocenters. The zero-order valence-electron chi connectivity index (χ0n) is 14.8. The van der Waals surface area contributed by atoms with Crippen molar-refractivity contribution < 1.29 is 28.6 Å². The number of rotatable bonds is 6. The standard InChI is InChI=1S/C19H18ClNO6/c1-25-9-7-21-16(14-4-3-8-27-14)15(18(23)19(21)24)17(22)12-10-11(20)5-6-13(12)26-2/h3-6,8,10,16,22H,7,9H2,1-2H3/b17-15-. The van der Waals surface area contributed by atoms with Crippen LogP contribution in [0.3, 0.4) is 0 Å². The van der Waals surface area contributed by atoms with Gasteiger partial charge in [-0.2, -0.15) is 0 Å². The number of aliphatic hydroxyl groups is 1. The van der Waals surface area contributed by atoms with Gasteiger partial charge in [-0.25, -0.2) is 0 Å². The third-order valence-corrected chi connectivity index (χ3v) is 4.54. The highest BCUT2D eigenvalue weighted by Gasteiger charge is 2.47. The van der Waals surface area contributed by atoms with E-state index >= 15 is 0 Å². The number of hydrogen-bond donors (Lipinski definition) is 1. The smallest absolute Gasteiger partial charge is 0.295 e. The van der Waals surface area contributed by atoms with Gasteiger partial charge in [-0.15, -0.1) is 0 Å². The Morgan fingerprint density at radius 1 is 1.30 bits per heavy atom. The molecule has 0 aliphatic carbocycles. The minimum atomic E-state index is -0.876. The highest BCUT2D eigenvalue weighted by Crippen LogP contribution is 2.41. The largest absolute Gasteiger partial charge is 0.507 e. The number of furan rings is 1. The van der Waals surface area contributed by atoms with Gasteiger partial charge in [0, 0.05) is 18.7 Å². The lowest BCUT2D eigenvalue weighted by atomic mass is 9.99. The van der Waals surface area contributed by atoms with Crippen LogP contribution < -0.4 is 4.74 Å². The van der Waals surface area contributed by atoms with Crippen molar-refractivity contribution in [3.63, 3.8) is 0 Å². The number of ether oxygens (including phenoxy) is 2. The topological polar surface area (TPSA) is 89.2 Å². The molecule has 2 heterocycles. The quantitative estimate of drug-likeness (QED) is 0.462. The molecule has 1 N–H and O–H groups in total. The fourth-order valence-corrected chi connectivity index (χ4v) is 3.23. The summed E-state index contributed by atoms with van der Waals surface area (Å²) in [6.07, 6.45) is 1.44. The van der Waals surface area contributed by atoms with Crippen molar-refractivity contribution in [1.82, 2.24) is 4.90 Å². The minimum Gasteiger partial charge on any atom is -0.507 e. The highest BCUT2D eigenvalue weighted by atomic mass is 35.5. The molecule has 7 nitrogen and oxygen atoms in total. The summed E-state index contributed by atoms with van der Waals surface area (Å²) in [6, 6.07) is 7.04. The van der Waals surface area contributed by atoms with Gasteiger partial charge >= 0.3 is 0 Å². The van der Waals surface area contributed by atoms with Crippen LogP contribution in [0.2, 0.25) is 5.02 Å². The van der Waals surface area contributed by atoms with Crippen molar-refractivity contribution in [3.8, 4) is 5.75 Å². The van der Waals surface area contributed by atoms with Crippen LogP contribution in [0.5, 0.6) is 5.75 Å². The molecule has 8 heteroatoms. The van der Waals surface area contributed by atoms with Gasteiger partial charge in [-0.1, -0.05) is 11.6 Å². The summed E-state index contributed by atoms with van der Waals surface area (Å²) in [5, 5.41) is 11.3. The van der Waals surface area contributed by atoms with Gasteiger partial charge in [0.2, 0.25) is 0 Å². The molecule has 1 amide bonds. The Bertz CT molecular complexity index is 890. The van der Waals surface area contributed by atoms with Gasteiger partial charge in [0.05, 0.1) is 31.1 Å². The van der Waals surface area contributed by atoms with E-state index in [-0.39, 0.29) is 30.0 Å². The summed E-state index contributed by atoms with van der Waals surface area (Å²) < 4.78 is 15.7. The summed E-state index contributed by atoms with van der Waals surface area (Å²) in [7, 11) is 2.93. The van der Waals surface area contributed by atoms with Gasteiger partial charge < -0.3 is 23.9 Å². The molecule has 1 aliphatic heterocycles. The third-order valence-electron chi connectivity index (χ3n) is 4.31. The van der Waals surface area contributed by atoms with Gasteiger partial charge in [-0.05, 0) is 30.3 Å². The van der Waals surface area contributed by atoms with E-state index in [4.69, 9.17) is 25.5 Å². The Hall–Kier alpha value is -2.77. The van der Waals surface area contributed by atoms with Crippen molar-refractivity contribution in [3.05, 3.63) is 58.5 Å². The highest BCUT2D eigenvalue weighted by molar-refractivity contribution is 6.46. The maximum absolute atomic E-state index is 12.7. The molecule has 0 spiro atoms. The molecule has 27 heavy (non-hydrogen) atoms. The van der Waals surface area contributed by atoms with Crippen LogP contribution in [0.1, 0.15) is 17.4 Å². The average Bonchev–Trinajstić information content (AvgIpc) is 3.27. The molecule has 1 aliphatic rings. The van der Waals surface area contributed by atoms with Crippen LogP contribution in [-0.2, 0) is 14.3 Å². The maximum atomic E-state index is 12.7. The van der Waals surface area contributed by atoms with E-state index in [0.29, 0.717) is 16.5 Å². The Balaban J connectivity index is 2.19. The number of amides is 1. The number of benzene rings is 1. The molecule has 1 atom stereocenters. The first-order valence-corrected chi connectivity index (χ1v) is 8.52. The third kappa shape index (κ3) is 3.43. The Morgan fingerprint density at radius 3 is 2.70 bits per heavy atom. The first kappa shape index (κ1) is 19.0. The van der Waals surface area contributed by atoms with E-state index in [1.165, 1.54) is 31.4 Å². The Kier molecular flexibility index (Phi) is 5.53. The van der Waals surface area contributed by atoms with Gasteiger partial charge in [0.15, 0.2) is 0 Å². The molecule has 1 saturated heterocycles. The summed E-state index contributed by atoms with van der Waals surface area (Å²) in [5.41, 5.74) is 0.123. The number of carbonyl (C=O) groups excluding carboxylic acids is 2. The van der Waals surface area contributed by atoms with E-state index < -0.39 is 17.7 Å². The number of ketones is 1. The van der Waals surface area contributed by atoms with Crippen LogP contribution in [0, 0.1) is 0 Å². The molecule has 0 bridgehead atoms. The zero-order valence-corrected chi connectivity index (χ0v) is 15.5. The number of hydrogen-bond acceptors (Lipinski definition) is 6. The molecule has 2 aromatic rings. The van der Waals surface area contributed by atoms with E-state index in [1.807, 2.05) is 0 Å². The van der Waals surface area contributed by atoms with Crippen molar-refractivity contribution in [2.75, 3.05) is 27.4 Å². The van der Waals surface area contributed by atoms with Crippen LogP contribution in [0.4, 0.5) is 0 Å². The Morgan fingerprint density at radius 2 is 2.07 bits per heavy atom. The molecule has 1 aromatic heterocycles. The summed E-state index contributed by atoms with van der Waals surface area (Å²) >= 11 is 6.04. The second-order valence-electron chi connectivity index (χ2n) is 5.85. The predicted molar refractivity (Wildman–Crippen MR) is 97.6 cm³/mol. The lowest BCUT2D eigenvalue weighted by Gasteiger charge is -2.23. The number of nitrogens with zero attached hydrogens (tertiary/aromatic N) is 1. The molecule has 3 rings (SSSR count). The molecule has 142 valence electrons. The van der Waals surface area contributed by atoms with Gasteiger partial charge in [0.1, 0.15) is 23.3 Å². The van der Waals surface area contributed by atoms with Crippen LogP contribution in [0.25, 0.3) is 5.76 Å². The van der Waals surface area contributed by atoms with Crippen LogP contribution in [0.15, 0.2) is 46.6 Å². The second-order valence-corrected chi connectivity index (χ2v) is 6.28. The second kappa shape index (κ2) is 7.85. The lowest BCUT2D eigenvalue weighted by molar-refractivity contribution is -0.140. The molecule has 0 saturated carbocycles. The molecule has 1 fully saturated rings. The average molecular weight is 392 g/mol. The zero-order chi connectivity index (χ0) is 19.6.